The van der Waals surface area contributed by atoms with E-state index >= 15 is 0 Å². The average molecular weight is 285 g/mol. The van der Waals surface area contributed by atoms with Crippen molar-refractivity contribution >= 4 is 5.91 Å². The molecule has 0 aromatic carbocycles. The highest BCUT2D eigenvalue weighted by Crippen LogP contribution is 2.22. The predicted molar refractivity (Wildman–Crippen MR) is 85.9 cm³/mol. The van der Waals surface area contributed by atoms with Crippen LogP contribution in [0.15, 0.2) is 0 Å². The third-order valence-electron chi connectivity index (χ3n) is 3.44. The van der Waals surface area contributed by atoms with Crippen molar-refractivity contribution in [2.75, 3.05) is 20.3 Å². The van der Waals surface area contributed by atoms with Gasteiger partial charge in [0.25, 0.3) is 0 Å². The van der Waals surface area contributed by atoms with E-state index < -0.39 is 0 Å². The van der Waals surface area contributed by atoms with Gasteiger partial charge in [0.1, 0.15) is 0 Å². The van der Waals surface area contributed by atoms with Crippen molar-refractivity contribution in [1.82, 2.24) is 5.32 Å². The third kappa shape index (κ3) is 15.5. The van der Waals surface area contributed by atoms with Gasteiger partial charge in [-0.1, -0.05) is 46.5 Å². The summed E-state index contributed by atoms with van der Waals surface area (Å²) in [6.07, 6.45) is 10.2. The van der Waals surface area contributed by atoms with Gasteiger partial charge in [-0.15, -0.1) is 0 Å². The highest BCUT2D eigenvalue weighted by atomic mass is 16.5. The quantitative estimate of drug-likeness (QED) is 0.543. The molecule has 0 bridgehead atoms. The van der Waals surface area contributed by atoms with E-state index in [9.17, 15) is 4.79 Å². The Kier molecular flexibility index (Phi) is 11.8. The lowest BCUT2D eigenvalue weighted by Crippen LogP contribution is -2.16. The number of rotatable bonds is 12. The van der Waals surface area contributed by atoms with E-state index in [-0.39, 0.29) is 5.91 Å². The van der Waals surface area contributed by atoms with Crippen molar-refractivity contribution in [2.24, 2.45) is 5.41 Å². The molecule has 3 nitrogen and oxygen atoms in total. The monoisotopic (exact) mass is 285 g/mol. The van der Waals surface area contributed by atoms with E-state index in [1.807, 2.05) is 0 Å². The molecule has 0 atom stereocenters. The smallest absolute Gasteiger partial charge is 0.219 e. The fourth-order valence-electron chi connectivity index (χ4n) is 2.11. The predicted octanol–water partition coefficient (Wildman–Crippen LogP) is 4.31. The zero-order valence-corrected chi connectivity index (χ0v) is 14.1. The van der Waals surface area contributed by atoms with Crippen molar-refractivity contribution in [3.05, 3.63) is 0 Å². The molecular weight excluding hydrogens is 250 g/mol. The zero-order chi connectivity index (χ0) is 15.3. The van der Waals surface area contributed by atoms with Crippen molar-refractivity contribution in [3.63, 3.8) is 0 Å². The number of hydrogen-bond donors (Lipinski definition) is 1. The molecular formula is C17H35NO2. The maximum absolute atomic E-state index is 11.0. The number of nitrogens with one attached hydrogen (secondary N) is 1. The molecule has 0 spiro atoms. The van der Waals surface area contributed by atoms with Gasteiger partial charge in [0.05, 0.1) is 0 Å². The minimum atomic E-state index is 0.140. The fraction of sp³-hybridized carbons (Fsp3) is 0.941. The molecule has 0 saturated heterocycles. The Morgan fingerprint density at radius 2 is 1.45 bits per heavy atom. The number of carbonyl (C=O) groups is 1. The molecule has 0 aromatic heterocycles. The number of unbranched alkanes of at least 4 members (excludes halogenated alkanes) is 5. The van der Waals surface area contributed by atoms with Crippen LogP contribution in [0.25, 0.3) is 0 Å². The summed E-state index contributed by atoms with van der Waals surface area (Å²) < 4.78 is 5.61. The van der Waals surface area contributed by atoms with Gasteiger partial charge >= 0.3 is 0 Å². The largest absolute Gasteiger partial charge is 0.381 e. The summed E-state index contributed by atoms with van der Waals surface area (Å²) in [5.41, 5.74) is 0.477. The van der Waals surface area contributed by atoms with Crippen LogP contribution in [0.5, 0.6) is 0 Å². The van der Waals surface area contributed by atoms with Crippen LogP contribution in [0.1, 0.15) is 78.6 Å². The van der Waals surface area contributed by atoms with Crippen molar-refractivity contribution in [3.8, 4) is 0 Å². The van der Waals surface area contributed by atoms with Crippen molar-refractivity contribution < 1.29 is 9.53 Å². The molecule has 0 fully saturated rings. The number of ether oxygens (including phenoxy) is 1. The minimum absolute atomic E-state index is 0.140. The maximum Gasteiger partial charge on any atom is 0.219 e. The zero-order valence-electron chi connectivity index (χ0n) is 14.1. The van der Waals surface area contributed by atoms with E-state index in [0.29, 0.717) is 11.8 Å². The van der Waals surface area contributed by atoms with Crippen LogP contribution >= 0.6 is 0 Å². The van der Waals surface area contributed by atoms with Crippen LogP contribution in [-0.2, 0) is 9.53 Å². The van der Waals surface area contributed by atoms with Gasteiger partial charge in [-0.25, -0.2) is 0 Å². The van der Waals surface area contributed by atoms with Crippen molar-refractivity contribution in [1.29, 1.82) is 0 Å². The summed E-state index contributed by atoms with van der Waals surface area (Å²) in [5.74, 6) is 0.140. The van der Waals surface area contributed by atoms with E-state index in [2.05, 4.69) is 26.1 Å². The lowest BCUT2D eigenvalue weighted by Gasteiger charge is -2.17. The van der Waals surface area contributed by atoms with E-state index in [1.165, 1.54) is 32.1 Å². The molecule has 120 valence electrons. The molecule has 3 heteroatoms. The van der Waals surface area contributed by atoms with Gasteiger partial charge in [0, 0.05) is 26.7 Å². The first-order chi connectivity index (χ1) is 9.45. The van der Waals surface area contributed by atoms with Crippen LogP contribution in [0, 0.1) is 5.41 Å². The Hall–Kier alpha value is -0.570. The molecule has 0 aliphatic rings. The molecule has 0 rings (SSSR count). The van der Waals surface area contributed by atoms with Crippen LogP contribution in [0.4, 0.5) is 0 Å². The second kappa shape index (κ2) is 12.2. The third-order valence-corrected chi connectivity index (χ3v) is 3.44. The SMILES string of the molecule is CNC(=O)CCCCCOCCCCCCC(C)(C)C. The molecule has 1 amide bonds. The Bertz CT molecular complexity index is 234. The summed E-state index contributed by atoms with van der Waals surface area (Å²) in [7, 11) is 1.69. The van der Waals surface area contributed by atoms with E-state index in [1.54, 1.807) is 7.05 Å². The van der Waals surface area contributed by atoms with Gasteiger partial charge in [-0.05, 0) is 31.1 Å². The van der Waals surface area contributed by atoms with Gasteiger partial charge in [-0.2, -0.15) is 0 Å². The molecule has 0 saturated carbocycles. The minimum Gasteiger partial charge on any atom is -0.381 e. The Balaban J connectivity index is 3.08. The average Bonchev–Trinajstić information content (AvgIpc) is 2.38. The van der Waals surface area contributed by atoms with Gasteiger partial charge < -0.3 is 10.1 Å². The standard InChI is InChI=1S/C17H35NO2/c1-17(2,3)13-9-5-6-10-14-20-15-11-7-8-12-16(19)18-4/h5-15H2,1-4H3,(H,18,19). The topological polar surface area (TPSA) is 38.3 Å². The molecule has 1 N–H and O–H groups in total. The molecule has 0 radical (unpaired) electrons. The van der Waals surface area contributed by atoms with Gasteiger partial charge in [0.15, 0.2) is 0 Å². The van der Waals surface area contributed by atoms with Crippen LogP contribution < -0.4 is 5.32 Å². The Labute approximate surface area is 125 Å². The van der Waals surface area contributed by atoms with E-state index in [0.717, 1.165) is 32.5 Å². The first-order valence-corrected chi connectivity index (χ1v) is 8.24. The van der Waals surface area contributed by atoms with Gasteiger partial charge in [-0.3, -0.25) is 4.79 Å². The van der Waals surface area contributed by atoms with E-state index in [4.69, 9.17) is 4.74 Å². The maximum atomic E-state index is 11.0. The van der Waals surface area contributed by atoms with Crippen LogP contribution in [-0.4, -0.2) is 26.2 Å². The molecule has 20 heavy (non-hydrogen) atoms. The summed E-state index contributed by atoms with van der Waals surface area (Å²) in [4.78, 5) is 11.0. The second-order valence-electron chi connectivity index (χ2n) is 6.82. The highest BCUT2D eigenvalue weighted by molar-refractivity contribution is 5.75. The summed E-state index contributed by atoms with van der Waals surface area (Å²) in [6, 6.07) is 0. The van der Waals surface area contributed by atoms with Crippen molar-refractivity contribution in [2.45, 2.75) is 78.6 Å². The lowest BCUT2D eigenvalue weighted by molar-refractivity contribution is -0.120. The van der Waals surface area contributed by atoms with Gasteiger partial charge in [0.2, 0.25) is 5.91 Å². The summed E-state index contributed by atoms with van der Waals surface area (Å²) in [5, 5.41) is 2.64. The summed E-state index contributed by atoms with van der Waals surface area (Å²) >= 11 is 0. The Morgan fingerprint density at radius 1 is 0.900 bits per heavy atom. The molecule has 0 heterocycles. The molecule has 0 aliphatic carbocycles. The molecule has 0 aliphatic heterocycles. The van der Waals surface area contributed by atoms with Crippen LogP contribution in [0.2, 0.25) is 0 Å². The van der Waals surface area contributed by atoms with Crippen LogP contribution in [0.3, 0.4) is 0 Å². The molecule has 0 unspecified atom stereocenters. The summed E-state index contributed by atoms with van der Waals surface area (Å²) in [6.45, 7) is 8.65. The molecule has 0 aromatic rings. The Morgan fingerprint density at radius 3 is 2.00 bits per heavy atom. The highest BCUT2D eigenvalue weighted by Gasteiger charge is 2.08. The first-order valence-electron chi connectivity index (χ1n) is 8.24. The second-order valence-corrected chi connectivity index (χ2v) is 6.82. The normalized spacial score (nSPS) is 11.6. The lowest BCUT2D eigenvalue weighted by atomic mass is 9.89. The number of hydrogen-bond acceptors (Lipinski definition) is 2. The first kappa shape index (κ1) is 19.4. The number of amides is 1. The number of carbonyl (C=O) groups excluding carboxylic acids is 1. The fourth-order valence-corrected chi connectivity index (χ4v) is 2.11.